The van der Waals surface area contributed by atoms with Crippen LogP contribution in [-0.2, 0) is 0 Å². The van der Waals surface area contributed by atoms with Crippen molar-refractivity contribution in [2.75, 3.05) is 7.05 Å². The van der Waals surface area contributed by atoms with E-state index in [-0.39, 0.29) is 24.8 Å². The molecule has 1 aromatic rings. The first-order valence-electron chi connectivity index (χ1n) is 6.31. The Morgan fingerprint density at radius 1 is 1.44 bits per heavy atom. The first-order valence-corrected chi connectivity index (χ1v) is 7.10. The molecule has 1 N–H and O–H groups in total. The van der Waals surface area contributed by atoms with Gasteiger partial charge < -0.3 is 5.32 Å². The SMILES string of the molecule is CNC(CC1CCC(F)(F)C1)c1ccccc1Br. The van der Waals surface area contributed by atoms with Crippen LogP contribution in [0.1, 0.15) is 37.3 Å². The molecule has 0 aliphatic heterocycles. The largest absolute Gasteiger partial charge is 0.313 e. The highest BCUT2D eigenvalue weighted by Gasteiger charge is 2.40. The molecule has 0 amide bonds. The average Bonchev–Trinajstić information content (AvgIpc) is 2.67. The fourth-order valence-electron chi connectivity index (χ4n) is 2.73. The third kappa shape index (κ3) is 3.29. The van der Waals surface area contributed by atoms with Gasteiger partial charge in [0, 0.05) is 23.4 Å². The molecule has 1 saturated carbocycles. The Hall–Kier alpha value is -0.480. The molecule has 1 fully saturated rings. The van der Waals surface area contributed by atoms with Crippen molar-refractivity contribution < 1.29 is 8.78 Å². The second kappa shape index (κ2) is 5.66. The van der Waals surface area contributed by atoms with E-state index in [1.54, 1.807) is 0 Å². The predicted molar refractivity (Wildman–Crippen MR) is 72.8 cm³/mol. The monoisotopic (exact) mass is 317 g/mol. The zero-order valence-electron chi connectivity index (χ0n) is 10.4. The Kier molecular flexibility index (Phi) is 4.38. The van der Waals surface area contributed by atoms with Crippen molar-refractivity contribution in [3.05, 3.63) is 34.3 Å². The third-order valence-electron chi connectivity index (χ3n) is 3.70. The number of nitrogens with one attached hydrogen (secondary N) is 1. The van der Waals surface area contributed by atoms with Gasteiger partial charge in [0.15, 0.2) is 0 Å². The van der Waals surface area contributed by atoms with E-state index in [2.05, 4.69) is 21.2 Å². The molecule has 2 atom stereocenters. The lowest BCUT2D eigenvalue weighted by atomic mass is 9.93. The summed E-state index contributed by atoms with van der Waals surface area (Å²) >= 11 is 3.52. The summed E-state index contributed by atoms with van der Waals surface area (Å²) in [7, 11) is 1.89. The van der Waals surface area contributed by atoms with Crippen molar-refractivity contribution >= 4 is 15.9 Å². The Balaban J connectivity index is 2.05. The van der Waals surface area contributed by atoms with Gasteiger partial charge in [0.25, 0.3) is 0 Å². The lowest BCUT2D eigenvalue weighted by Crippen LogP contribution is -2.20. The van der Waals surface area contributed by atoms with Crippen molar-refractivity contribution in [1.29, 1.82) is 0 Å². The van der Waals surface area contributed by atoms with Gasteiger partial charge >= 0.3 is 0 Å². The second-order valence-corrected chi connectivity index (χ2v) is 5.92. The second-order valence-electron chi connectivity index (χ2n) is 5.06. The van der Waals surface area contributed by atoms with E-state index in [4.69, 9.17) is 0 Å². The summed E-state index contributed by atoms with van der Waals surface area (Å²) in [4.78, 5) is 0. The molecule has 18 heavy (non-hydrogen) atoms. The van der Waals surface area contributed by atoms with Gasteiger partial charge in [0.1, 0.15) is 0 Å². The van der Waals surface area contributed by atoms with Gasteiger partial charge in [-0.3, -0.25) is 0 Å². The van der Waals surface area contributed by atoms with Gasteiger partial charge in [-0.25, -0.2) is 8.78 Å². The standard InChI is InChI=1S/C14H18BrF2N/c1-18-13(11-4-2-3-5-12(11)15)8-10-6-7-14(16,17)9-10/h2-5,10,13,18H,6-9H2,1H3. The molecule has 2 unspecified atom stereocenters. The van der Waals surface area contributed by atoms with E-state index in [0.717, 1.165) is 16.5 Å². The Bertz CT molecular complexity index is 409. The molecular weight excluding hydrogens is 300 g/mol. The normalized spacial score (nSPS) is 24.1. The van der Waals surface area contributed by atoms with Crippen LogP contribution in [0.4, 0.5) is 8.78 Å². The highest BCUT2D eigenvalue weighted by molar-refractivity contribution is 9.10. The molecular formula is C14H18BrF2N. The minimum atomic E-state index is -2.45. The summed E-state index contributed by atoms with van der Waals surface area (Å²) in [6.45, 7) is 0. The van der Waals surface area contributed by atoms with Gasteiger partial charge in [0.05, 0.1) is 0 Å². The summed E-state index contributed by atoms with van der Waals surface area (Å²) in [5.74, 6) is -2.33. The zero-order chi connectivity index (χ0) is 13.2. The molecule has 4 heteroatoms. The van der Waals surface area contributed by atoms with Crippen LogP contribution in [0.3, 0.4) is 0 Å². The lowest BCUT2D eigenvalue weighted by molar-refractivity contribution is 0.00433. The zero-order valence-corrected chi connectivity index (χ0v) is 12.0. The molecule has 1 aliphatic carbocycles. The quantitative estimate of drug-likeness (QED) is 0.860. The topological polar surface area (TPSA) is 12.0 Å². The summed E-state index contributed by atoms with van der Waals surface area (Å²) < 4.78 is 27.4. The molecule has 1 aliphatic rings. The molecule has 0 radical (unpaired) electrons. The van der Waals surface area contributed by atoms with Crippen LogP contribution in [0, 0.1) is 5.92 Å². The highest BCUT2D eigenvalue weighted by atomic mass is 79.9. The number of hydrogen-bond donors (Lipinski definition) is 1. The molecule has 100 valence electrons. The van der Waals surface area contributed by atoms with E-state index >= 15 is 0 Å². The van der Waals surface area contributed by atoms with Gasteiger partial charge in [-0.2, -0.15) is 0 Å². The highest BCUT2D eigenvalue weighted by Crippen LogP contribution is 2.42. The summed E-state index contributed by atoms with van der Waals surface area (Å²) in [6.07, 6.45) is 1.49. The van der Waals surface area contributed by atoms with Crippen LogP contribution in [-0.4, -0.2) is 13.0 Å². The van der Waals surface area contributed by atoms with Gasteiger partial charge in [-0.05, 0) is 37.4 Å². The van der Waals surface area contributed by atoms with E-state index in [0.29, 0.717) is 6.42 Å². The maximum absolute atomic E-state index is 13.2. The average molecular weight is 318 g/mol. The van der Waals surface area contributed by atoms with E-state index in [9.17, 15) is 8.78 Å². The summed E-state index contributed by atoms with van der Waals surface area (Å²) in [6, 6.07) is 8.11. The first-order chi connectivity index (χ1) is 8.52. The van der Waals surface area contributed by atoms with Gasteiger partial charge in [-0.1, -0.05) is 34.1 Å². The molecule has 0 heterocycles. The minimum absolute atomic E-state index is 0.0373. The van der Waals surface area contributed by atoms with E-state index in [1.165, 1.54) is 0 Å². The van der Waals surface area contributed by atoms with Crippen LogP contribution in [0.2, 0.25) is 0 Å². The maximum Gasteiger partial charge on any atom is 0.248 e. The fraction of sp³-hybridized carbons (Fsp3) is 0.571. The van der Waals surface area contributed by atoms with Gasteiger partial charge in [-0.15, -0.1) is 0 Å². The van der Waals surface area contributed by atoms with Crippen molar-refractivity contribution in [2.24, 2.45) is 5.92 Å². The Morgan fingerprint density at radius 2 is 2.17 bits per heavy atom. The molecule has 2 rings (SSSR count). The maximum atomic E-state index is 13.2. The van der Waals surface area contributed by atoms with Crippen LogP contribution < -0.4 is 5.32 Å². The number of rotatable bonds is 4. The molecule has 1 nitrogen and oxygen atoms in total. The van der Waals surface area contributed by atoms with Crippen LogP contribution in [0.5, 0.6) is 0 Å². The number of halogens is 3. The van der Waals surface area contributed by atoms with E-state index < -0.39 is 5.92 Å². The fourth-order valence-corrected chi connectivity index (χ4v) is 3.30. The Labute approximate surface area is 115 Å². The smallest absolute Gasteiger partial charge is 0.248 e. The molecule has 0 aromatic heterocycles. The minimum Gasteiger partial charge on any atom is -0.313 e. The predicted octanol–water partition coefficient (Wildman–Crippen LogP) is 4.54. The summed E-state index contributed by atoms with van der Waals surface area (Å²) in [5.41, 5.74) is 1.15. The van der Waals surface area contributed by atoms with E-state index in [1.807, 2.05) is 31.3 Å². The number of alkyl halides is 2. The number of hydrogen-bond acceptors (Lipinski definition) is 1. The number of benzene rings is 1. The molecule has 0 bridgehead atoms. The van der Waals surface area contributed by atoms with Crippen molar-refractivity contribution in [3.63, 3.8) is 0 Å². The van der Waals surface area contributed by atoms with Crippen LogP contribution >= 0.6 is 15.9 Å². The molecule has 0 saturated heterocycles. The Morgan fingerprint density at radius 3 is 2.72 bits per heavy atom. The van der Waals surface area contributed by atoms with Gasteiger partial charge in [0.2, 0.25) is 5.92 Å². The van der Waals surface area contributed by atoms with Crippen molar-refractivity contribution in [2.45, 2.75) is 37.6 Å². The van der Waals surface area contributed by atoms with Crippen molar-refractivity contribution in [1.82, 2.24) is 5.32 Å². The first kappa shape index (κ1) is 13.9. The molecule has 1 aromatic carbocycles. The summed E-state index contributed by atoms with van der Waals surface area (Å²) in [5, 5.41) is 3.24. The van der Waals surface area contributed by atoms with Crippen LogP contribution in [0.25, 0.3) is 0 Å². The van der Waals surface area contributed by atoms with Crippen LogP contribution in [0.15, 0.2) is 28.7 Å². The van der Waals surface area contributed by atoms with Crippen molar-refractivity contribution in [3.8, 4) is 0 Å². The molecule has 0 spiro atoms. The third-order valence-corrected chi connectivity index (χ3v) is 4.43. The lowest BCUT2D eigenvalue weighted by Gasteiger charge is -2.21.